The Morgan fingerprint density at radius 3 is 2.73 bits per heavy atom. The molecule has 1 fully saturated rings. The lowest BCUT2D eigenvalue weighted by atomic mass is 9.96. The molecule has 0 bridgehead atoms. The van der Waals surface area contributed by atoms with Crippen molar-refractivity contribution in [1.82, 2.24) is 10.2 Å². The Kier molecular flexibility index (Phi) is 5.58. The van der Waals surface area contributed by atoms with E-state index in [0.717, 1.165) is 37.1 Å². The summed E-state index contributed by atoms with van der Waals surface area (Å²) in [7, 11) is 0. The molecule has 22 heavy (non-hydrogen) atoms. The first kappa shape index (κ1) is 16.5. The minimum absolute atomic E-state index is 0.00768. The van der Waals surface area contributed by atoms with Crippen LogP contribution in [0.1, 0.15) is 42.6 Å². The maximum absolute atomic E-state index is 12.7. The van der Waals surface area contributed by atoms with E-state index in [-0.39, 0.29) is 17.7 Å². The summed E-state index contributed by atoms with van der Waals surface area (Å²) < 4.78 is 0. The van der Waals surface area contributed by atoms with Crippen molar-refractivity contribution in [3.63, 3.8) is 0 Å². The van der Waals surface area contributed by atoms with Gasteiger partial charge in [-0.1, -0.05) is 32.0 Å². The number of hydrogen-bond donors (Lipinski definition) is 1. The summed E-state index contributed by atoms with van der Waals surface area (Å²) in [6.07, 6.45) is 2.07. The summed E-state index contributed by atoms with van der Waals surface area (Å²) in [6, 6.07) is 7.72. The molecule has 1 atom stereocenters. The van der Waals surface area contributed by atoms with E-state index in [1.54, 1.807) is 0 Å². The van der Waals surface area contributed by atoms with Gasteiger partial charge in [0.1, 0.15) is 0 Å². The monoisotopic (exact) mass is 302 g/mol. The van der Waals surface area contributed by atoms with Crippen LogP contribution in [0.15, 0.2) is 24.3 Å². The van der Waals surface area contributed by atoms with Crippen LogP contribution in [0.3, 0.4) is 0 Å². The van der Waals surface area contributed by atoms with Crippen LogP contribution < -0.4 is 5.32 Å². The summed E-state index contributed by atoms with van der Waals surface area (Å²) in [5.74, 6) is 0.554. The first-order chi connectivity index (χ1) is 10.5. The highest BCUT2D eigenvalue weighted by atomic mass is 16.2. The molecule has 0 saturated carbocycles. The van der Waals surface area contributed by atoms with E-state index >= 15 is 0 Å². The molecule has 0 spiro atoms. The fourth-order valence-electron chi connectivity index (χ4n) is 2.85. The average Bonchev–Trinajstić information content (AvgIpc) is 2.52. The highest BCUT2D eigenvalue weighted by Crippen LogP contribution is 2.19. The Bertz CT molecular complexity index is 540. The molecule has 1 aromatic rings. The Morgan fingerprint density at radius 1 is 1.32 bits per heavy atom. The smallest absolute Gasteiger partial charge is 0.254 e. The van der Waals surface area contributed by atoms with Crippen LogP contribution >= 0.6 is 0 Å². The molecular formula is C18H26N2O2. The Morgan fingerprint density at radius 2 is 2.05 bits per heavy atom. The highest BCUT2D eigenvalue weighted by Gasteiger charge is 2.25. The molecule has 1 saturated heterocycles. The van der Waals surface area contributed by atoms with Gasteiger partial charge < -0.3 is 10.2 Å². The number of benzene rings is 1. The molecule has 2 rings (SSSR count). The third-order valence-corrected chi connectivity index (χ3v) is 4.27. The van der Waals surface area contributed by atoms with E-state index in [2.05, 4.69) is 5.32 Å². The third-order valence-electron chi connectivity index (χ3n) is 4.27. The molecule has 2 amide bonds. The molecule has 1 aliphatic rings. The number of likely N-dealkylation sites (tertiary alicyclic amines) is 1. The standard InChI is InChI=1S/C18H26N2O2/c1-13(2)17(21)19-11-15-8-6-10-20(12-15)18(22)16-9-5-4-7-14(16)3/h4-5,7,9,13,15H,6,8,10-12H2,1-3H3,(H,19,21)/t15-/m1/s1. The predicted octanol–water partition coefficient (Wildman–Crippen LogP) is 2.62. The summed E-state index contributed by atoms with van der Waals surface area (Å²) >= 11 is 0. The van der Waals surface area contributed by atoms with Crippen LogP contribution in [0.5, 0.6) is 0 Å². The lowest BCUT2D eigenvalue weighted by Gasteiger charge is -2.33. The number of hydrogen-bond acceptors (Lipinski definition) is 2. The van der Waals surface area contributed by atoms with Gasteiger partial charge in [0.15, 0.2) is 0 Å². The molecule has 1 aromatic carbocycles. The largest absolute Gasteiger partial charge is 0.356 e. The molecule has 1 aliphatic heterocycles. The number of carbonyl (C=O) groups excluding carboxylic acids is 2. The molecule has 1 heterocycles. The van der Waals surface area contributed by atoms with Crippen molar-refractivity contribution in [3.8, 4) is 0 Å². The van der Waals surface area contributed by atoms with Crippen molar-refractivity contribution in [1.29, 1.82) is 0 Å². The van der Waals surface area contributed by atoms with Crippen molar-refractivity contribution in [2.45, 2.75) is 33.6 Å². The van der Waals surface area contributed by atoms with E-state index in [1.165, 1.54) is 0 Å². The normalized spacial score (nSPS) is 18.4. The fourth-order valence-corrected chi connectivity index (χ4v) is 2.85. The zero-order chi connectivity index (χ0) is 16.1. The van der Waals surface area contributed by atoms with Crippen LogP contribution in [0.25, 0.3) is 0 Å². The number of carbonyl (C=O) groups is 2. The molecule has 1 N–H and O–H groups in total. The SMILES string of the molecule is Cc1ccccc1C(=O)N1CCC[C@H](CNC(=O)C(C)C)C1. The molecule has 4 nitrogen and oxygen atoms in total. The lowest BCUT2D eigenvalue weighted by molar-refractivity contribution is -0.124. The third kappa shape index (κ3) is 4.09. The second-order valence-electron chi connectivity index (χ2n) is 6.47. The van der Waals surface area contributed by atoms with Gasteiger partial charge in [0.2, 0.25) is 5.91 Å². The number of nitrogens with one attached hydrogen (secondary N) is 1. The Labute approximate surface area is 132 Å². The zero-order valence-electron chi connectivity index (χ0n) is 13.8. The summed E-state index contributed by atoms with van der Waals surface area (Å²) in [5.41, 5.74) is 1.80. The van der Waals surface area contributed by atoms with Crippen LogP contribution in [0, 0.1) is 18.8 Å². The molecule has 0 radical (unpaired) electrons. The number of aryl methyl sites for hydroxylation is 1. The maximum atomic E-state index is 12.7. The average molecular weight is 302 g/mol. The van der Waals surface area contributed by atoms with Crippen molar-refractivity contribution >= 4 is 11.8 Å². The summed E-state index contributed by atoms with van der Waals surface area (Å²) in [5, 5.41) is 2.99. The maximum Gasteiger partial charge on any atom is 0.254 e. The Hall–Kier alpha value is -1.84. The van der Waals surface area contributed by atoms with E-state index in [4.69, 9.17) is 0 Å². The number of amides is 2. The number of rotatable bonds is 4. The molecule has 0 aliphatic carbocycles. The van der Waals surface area contributed by atoms with Crippen LogP contribution in [0.4, 0.5) is 0 Å². The van der Waals surface area contributed by atoms with Gasteiger partial charge in [0.05, 0.1) is 0 Å². The van der Waals surface area contributed by atoms with Crippen molar-refractivity contribution < 1.29 is 9.59 Å². The van der Waals surface area contributed by atoms with Crippen molar-refractivity contribution in [2.75, 3.05) is 19.6 Å². The van der Waals surface area contributed by atoms with E-state index < -0.39 is 0 Å². The molecule has 4 heteroatoms. The lowest BCUT2D eigenvalue weighted by Crippen LogP contribution is -2.44. The second kappa shape index (κ2) is 7.43. The predicted molar refractivity (Wildman–Crippen MR) is 87.7 cm³/mol. The van der Waals surface area contributed by atoms with Gasteiger partial charge in [-0.15, -0.1) is 0 Å². The second-order valence-corrected chi connectivity index (χ2v) is 6.47. The topological polar surface area (TPSA) is 49.4 Å². The van der Waals surface area contributed by atoms with Gasteiger partial charge in [-0.3, -0.25) is 9.59 Å². The van der Waals surface area contributed by atoms with E-state index in [9.17, 15) is 9.59 Å². The van der Waals surface area contributed by atoms with Gasteiger partial charge in [-0.05, 0) is 37.3 Å². The quantitative estimate of drug-likeness (QED) is 0.929. The van der Waals surface area contributed by atoms with Gasteiger partial charge in [-0.25, -0.2) is 0 Å². The highest BCUT2D eigenvalue weighted by molar-refractivity contribution is 5.95. The van der Waals surface area contributed by atoms with E-state index in [1.807, 2.05) is 49.9 Å². The summed E-state index contributed by atoms with van der Waals surface area (Å²) in [4.78, 5) is 26.3. The molecule has 0 aromatic heterocycles. The van der Waals surface area contributed by atoms with Crippen LogP contribution in [-0.4, -0.2) is 36.3 Å². The first-order valence-corrected chi connectivity index (χ1v) is 8.11. The minimum atomic E-state index is 0.00768. The minimum Gasteiger partial charge on any atom is -0.356 e. The van der Waals surface area contributed by atoms with Gasteiger partial charge >= 0.3 is 0 Å². The van der Waals surface area contributed by atoms with E-state index in [0.29, 0.717) is 12.5 Å². The van der Waals surface area contributed by atoms with Crippen LogP contribution in [0.2, 0.25) is 0 Å². The van der Waals surface area contributed by atoms with Crippen molar-refractivity contribution in [3.05, 3.63) is 35.4 Å². The fraction of sp³-hybridized carbons (Fsp3) is 0.556. The number of piperidine rings is 1. The van der Waals surface area contributed by atoms with Gasteiger partial charge in [0.25, 0.3) is 5.91 Å². The first-order valence-electron chi connectivity index (χ1n) is 8.11. The summed E-state index contributed by atoms with van der Waals surface area (Å²) in [6.45, 7) is 7.95. The van der Waals surface area contributed by atoms with Crippen molar-refractivity contribution in [2.24, 2.45) is 11.8 Å². The zero-order valence-corrected chi connectivity index (χ0v) is 13.8. The van der Waals surface area contributed by atoms with Gasteiger partial charge in [-0.2, -0.15) is 0 Å². The number of nitrogens with zero attached hydrogens (tertiary/aromatic N) is 1. The van der Waals surface area contributed by atoms with Crippen LogP contribution in [-0.2, 0) is 4.79 Å². The Balaban J connectivity index is 1.94. The molecular weight excluding hydrogens is 276 g/mol. The molecule has 120 valence electrons. The van der Waals surface area contributed by atoms with Gasteiger partial charge in [0, 0.05) is 31.1 Å². The molecule has 0 unspecified atom stereocenters.